The Hall–Kier alpha value is -4.14. The Balaban J connectivity index is 1.41. The molecule has 5 heterocycles. The van der Waals surface area contributed by atoms with Crippen LogP contribution in [0.25, 0.3) is 32.9 Å². The summed E-state index contributed by atoms with van der Waals surface area (Å²) in [7, 11) is 0. The van der Waals surface area contributed by atoms with Gasteiger partial charge in [0, 0.05) is 30.5 Å². The minimum Gasteiger partial charge on any atom is -0.475 e. The standard InChI is InChI=1S/C31H28F3N5O3/c1-2-20-22(33)8-7-18-5-3-6-21(23(18)20)26-25(34)27-24-28(38(11-13-40)12-14-41-29(24)35-26)37-30(36-27)42-17-31-9-4-10-39(31)16-19(32)15-31/h1,3,5-8,19,40H,4,9-17H2/t19-,31+/m1/s1. The van der Waals surface area contributed by atoms with Crippen LogP contribution in [-0.4, -0.2) is 82.7 Å². The van der Waals surface area contributed by atoms with Crippen LogP contribution >= 0.6 is 0 Å². The normalized spacial score (nSPS) is 21.8. The van der Waals surface area contributed by atoms with Crippen molar-refractivity contribution >= 4 is 27.5 Å². The zero-order chi connectivity index (χ0) is 29.0. The highest BCUT2D eigenvalue weighted by Gasteiger charge is 2.49. The van der Waals surface area contributed by atoms with Gasteiger partial charge in [0.1, 0.15) is 47.6 Å². The van der Waals surface area contributed by atoms with Crippen LogP contribution in [0, 0.1) is 24.0 Å². The molecule has 2 fully saturated rings. The van der Waals surface area contributed by atoms with Crippen LogP contribution < -0.4 is 14.4 Å². The summed E-state index contributed by atoms with van der Waals surface area (Å²) in [6, 6.07) is 7.90. The number of pyridine rings is 1. The van der Waals surface area contributed by atoms with Gasteiger partial charge in [0.05, 0.1) is 24.3 Å². The van der Waals surface area contributed by atoms with E-state index in [0.29, 0.717) is 41.7 Å². The number of ether oxygens (including phenoxy) is 2. The molecule has 216 valence electrons. The van der Waals surface area contributed by atoms with Gasteiger partial charge < -0.3 is 19.5 Å². The molecule has 2 saturated heterocycles. The Labute approximate surface area is 240 Å². The first-order valence-corrected chi connectivity index (χ1v) is 14.0. The molecule has 0 amide bonds. The number of hydrogen-bond donors (Lipinski definition) is 1. The van der Waals surface area contributed by atoms with Crippen molar-refractivity contribution in [3.63, 3.8) is 0 Å². The Bertz CT molecular complexity index is 1760. The van der Waals surface area contributed by atoms with Gasteiger partial charge in [-0.3, -0.25) is 4.90 Å². The van der Waals surface area contributed by atoms with Crippen LogP contribution in [0.3, 0.4) is 0 Å². The van der Waals surface area contributed by atoms with E-state index in [1.165, 1.54) is 6.07 Å². The van der Waals surface area contributed by atoms with Crippen molar-refractivity contribution in [2.45, 2.75) is 31.0 Å². The number of halogens is 3. The van der Waals surface area contributed by atoms with Gasteiger partial charge in [-0.2, -0.15) is 9.97 Å². The third-order valence-electron chi connectivity index (χ3n) is 8.61. The second-order valence-corrected chi connectivity index (χ2v) is 11.0. The zero-order valence-electron chi connectivity index (χ0n) is 22.7. The lowest BCUT2D eigenvalue weighted by Crippen LogP contribution is -2.43. The van der Waals surface area contributed by atoms with Crippen LogP contribution in [0.4, 0.5) is 19.0 Å². The van der Waals surface area contributed by atoms with E-state index in [9.17, 15) is 13.9 Å². The molecule has 2 aromatic heterocycles. The van der Waals surface area contributed by atoms with Gasteiger partial charge in [0.25, 0.3) is 0 Å². The molecule has 7 rings (SSSR count). The molecule has 8 nitrogen and oxygen atoms in total. The number of nitrogens with zero attached hydrogens (tertiary/aromatic N) is 5. The quantitative estimate of drug-likeness (QED) is 0.342. The van der Waals surface area contributed by atoms with Crippen molar-refractivity contribution in [1.29, 1.82) is 0 Å². The highest BCUT2D eigenvalue weighted by atomic mass is 19.1. The molecule has 0 bridgehead atoms. The summed E-state index contributed by atoms with van der Waals surface area (Å²) in [6.45, 7) is 1.91. The summed E-state index contributed by atoms with van der Waals surface area (Å²) in [5, 5.41) is 11.0. The molecule has 1 N–H and O–H groups in total. The van der Waals surface area contributed by atoms with Gasteiger partial charge in [-0.15, -0.1) is 6.42 Å². The van der Waals surface area contributed by atoms with E-state index in [-0.39, 0.29) is 60.4 Å². The minimum atomic E-state index is -0.930. The number of aromatic nitrogens is 3. The molecule has 11 heteroatoms. The predicted octanol–water partition coefficient (Wildman–Crippen LogP) is 4.25. The maximum Gasteiger partial charge on any atom is 0.319 e. The monoisotopic (exact) mass is 575 g/mol. The molecule has 3 aliphatic heterocycles. The van der Waals surface area contributed by atoms with Crippen LogP contribution in [0.5, 0.6) is 11.9 Å². The maximum absolute atomic E-state index is 16.6. The van der Waals surface area contributed by atoms with Crippen molar-refractivity contribution in [3.8, 4) is 35.5 Å². The highest BCUT2D eigenvalue weighted by molar-refractivity contribution is 6.03. The minimum absolute atomic E-state index is 0.000747. The molecule has 2 atom stereocenters. The van der Waals surface area contributed by atoms with E-state index >= 15 is 4.39 Å². The van der Waals surface area contributed by atoms with Crippen LogP contribution in [0.1, 0.15) is 24.8 Å². The van der Waals surface area contributed by atoms with Crippen LogP contribution in [0.15, 0.2) is 30.3 Å². The fraction of sp³-hybridized carbons (Fsp3) is 0.387. The summed E-state index contributed by atoms with van der Waals surface area (Å²) < 4.78 is 57.8. The van der Waals surface area contributed by atoms with Gasteiger partial charge in [0.2, 0.25) is 5.88 Å². The first-order valence-electron chi connectivity index (χ1n) is 14.0. The number of anilines is 1. The number of benzene rings is 2. The van der Waals surface area contributed by atoms with Gasteiger partial charge >= 0.3 is 6.01 Å². The van der Waals surface area contributed by atoms with Gasteiger partial charge in [-0.25, -0.2) is 18.2 Å². The number of aliphatic hydroxyl groups is 1. The predicted molar refractivity (Wildman–Crippen MR) is 151 cm³/mol. The fourth-order valence-electron chi connectivity index (χ4n) is 6.72. The number of aliphatic hydroxyl groups excluding tert-OH is 1. The van der Waals surface area contributed by atoms with Gasteiger partial charge in [-0.05, 0) is 30.8 Å². The van der Waals surface area contributed by atoms with Crippen LogP contribution in [-0.2, 0) is 0 Å². The number of hydrogen-bond acceptors (Lipinski definition) is 8. The number of β-amino-alcohol motifs (C(OH)–C–C–N with tert-alkyl or cyclic N) is 1. The van der Waals surface area contributed by atoms with Gasteiger partial charge in [-0.1, -0.05) is 30.2 Å². The van der Waals surface area contributed by atoms with Crippen molar-refractivity contribution in [1.82, 2.24) is 19.9 Å². The largest absolute Gasteiger partial charge is 0.475 e. The van der Waals surface area contributed by atoms with Crippen molar-refractivity contribution in [2.75, 3.05) is 50.9 Å². The Morgan fingerprint density at radius 2 is 2.02 bits per heavy atom. The van der Waals surface area contributed by atoms with Crippen molar-refractivity contribution in [3.05, 3.63) is 47.5 Å². The smallest absolute Gasteiger partial charge is 0.319 e. The molecule has 0 spiro atoms. The molecule has 42 heavy (non-hydrogen) atoms. The molecule has 0 aliphatic carbocycles. The van der Waals surface area contributed by atoms with Crippen molar-refractivity contribution < 1.29 is 27.8 Å². The fourth-order valence-corrected chi connectivity index (χ4v) is 6.72. The number of alkyl halides is 1. The molecule has 4 aromatic rings. The lowest BCUT2D eigenvalue weighted by Gasteiger charge is -2.31. The molecule has 3 aliphatic rings. The Morgan fingerprint density at radius 1 is 1.14 bits per heavy atom. The first kappa shape index (κ1) is 26.7. The summed E-state index contributed by atoms with van der Waals surface area (Å²) >= 11 is 0. The summed E-state index contributed by atoms with van der Waals surface area (Å²) in [5.74, 6) is 1.44. The van der Waals surface area contributed by atoms with E-state index in [1.807, 2.05) is 0 Å². The van der Waals surface area contributed by atoms with E-state index in [4.69, 9.17) is 15.9 Å². The van der Waals surface area contributed by atoms with Crippen molar-refractivity contribution in [2.24, 2.45) is 0 Å². The van der Waals surface area contributed by atoms with Crippen LogP contribution in [0.2, 0.25) is 0 Å². The Kier molecular flexibility index (Phi) is 6.55. The number of terminal acetylenes is 1. The number of fused-ring (bicyclic) bond motifs is 2. The summed E-state index contributed by atoms with van der Waals surface area (Å²) in [5.41, 5.74) is -0.357. The number of rotatable bonds is 6. The van der Waals surface area contributed by atoms with Gasteiger partial charge in [0.15, 0.2) is 5.82 Å². The third kappa shape index (κ3) is 4.20. The molecular formula is C31H28F3N5O3. The molecule has 0 unspecified atom stereocenters. The van der Waals surface area contributed by atoms with E-state index in [2.05, 4.69) is 25.8 Å². The molecule has 0 saturated carbocycles. The lowest BCUT2D eigenvalue weighted by atomic mass is 9.95. The summed E-state index contributed by atoms with van der Waals surface area (Å²) in [6.07, 6.45) is 6.84. The van der Waals surface area contributed by atoms with E-state index in [1.54, 1.807) is 29.2 Å². The average molecular weight is 576 g/mol. The molecular weight excluding hydrogens is 547 g/mol. The van der Waals surface area contributed by atoms with E-state index in [0.717, 1.165) is 19.4 Å². The topological polar surface area (TPSA) is 83.8 Å². The first-order chi connectivity index (χ1) is 20.4. The Morgan fingerprint density at radius 3 is 2.86 bits per heavy atom. The second-order valence-electron chi connectivity index (χ2n) is 11.0. The summed E-state index contributed by atoms with van der Waals surface area (Å²) in [4.78, 5) is 17.5. The average Bonchev–Trinajstić information content (AvgIpc) is 3.45. The lowest BCUT2D eigenvalue weighted by molar-refractivity contribution is 0.107. The second kappa shape index (κ2) is 10.3. The molecule has 0 radical (unpaired) electrons. The molecule has 2 aromatic carbocycles. The maximum atomic E-state index is 16.6. The third-order valence-corrected chi connectivity index (χ3v) is 8.61. The zero-order valence-corrected chi connectivity index (χ0v) is 22.7. The highest BCUT2D eigenvalue weighted by Crippen LogP contribution is 2.43. The van der Waals surface area contributed by atoms with E-state index < -0.39 is 23.3 Å². The SMILES string of the molecule is C#Cc1c(F)ccc2cccc(-c3nc4c5c(nc(OC[C@@]67CCCN6C[C@H](F)C7)nc5c3F)N(CCO)CCO4)c12.